The van der Waals surface area contributed by atoms with Crippen molar-refractivity contribution >= 4 is 40.0 Å². The van der Waals surface area contributed by atoms with Gasteiger partial charge in [-0.05, 0) is 32.9 Å². The van der Waals surface area contributed by atoms with Crippen molar-refractivity contribution in [3.8, 4) is 0 Å². The van der Waals surface area contributed by atoms with Gasteiger partial charge in [-0.25, -0.2) is 4.98 Å². The lowest BCUT2D eigenvalue weighted by Crippen LogP contribution is -2.28. The van der Waals surface area contributed by atoms with E-state index in [9.17, 15) is 9.59 Å². The average Bonchev–Trinajstić information content (AvgIpc) is 3.32. The summed E-state index contributed by atoms with van der Waals surface area (Å²) in [7, 11) is 0. The van der Waals surface area contributed by atoms with E-state index in [0.717, 1.165) is 11.3 Å². The third-order valence-electron chi connectivity index (χ3n) is 4.27. The number of aromatic nitrogens is 4. The lowest BCUT2D eigenvalue weighted by molar-refractivity contribution is -0.113. The Hall–Kier alpha value is -2.98. The molecule has 0 unspecified atom stereocenters. The molecule has 0 bridgehead atoms. The van der Waals surface area contributed by atoms with Crippen LogP contribution >= 0.6 is 23.1 Å². The third-order valence-corrected chi connectivity index (χ3v) is 6.11. The molecule has 0 aliphatic carbocycles. The number of benzene rings is 1. The largest absolute Gasteiger partial charge is 0.342 e. The molecule has 3 aromatic rings. The topological polar surface area (TPSA) is 102 Å². The minimum Gasteiger partial charge on any atom is -0.342 e. The molecule has 3 rings (SSSR count). The normalized spacial score (nSPS) is 11.7. The number of amides is 2. The van der Waals surface area contributed by atoms with E-state index < -0.39 is 0 Å². The maximum atomic E-state index is 12.6. The van der Waals surface area contributed by atoms with E-state index in [1.165, 1.54) is 23.1 Å². The van der Waals surface area contributed by atoms with Crippen molar-refractivity contribution < 1.29 is 9.59 Å². The summed E-state index contributed by atoms with van der Waals surface area (Å²) in [5, 5.41) is 17.2. The SMILES string of the molecule is C=CCn1c(SCC(=O)Nc2nc(C)cs2)nnc1[C@H](C)NC(=O)c1cccc(C)c1. The standard InChI is InChI=1S/C21H24N6O2S2/c1-5-9-27-18(15(4)23-19(29)16-8-6-7-13(2)10-16)25-26-21(27)31-12-17(28)24-20-22-14(3)11-30-20/h5-8,10-11,15H,1,9,12H2,2-4H3,(H,23,29)(H,22,24,28)/t15-/m0/s1. The van der Waals surface area contributed by atoms with Gasteiger partial charge in [0.25, 0.3) is 5.91 Å². The third kappa shape index (κ3) is 6.02. The number of thiazole rings is 1. The molecule has 0 aliphatic rings. The van der Waals surface area contributed by atoms with E-state index in [4.69, 9.17) is 0 Å². The second-order valence-electron chi connectivity index (χ2n) is 6.94. The van der Waals surface area contributed by atoms with Gasteiger partial charge in [-0.1, -0.05) is 35.5 Å². The summed E-state index contributed by atoms with van der Waals surface area (Å²) in [6.07, 6.45) is 1.73. The van der Waals surface area contributed by atoms with Crippen molar-refractivity contribution in [2.75, 3.05) is 11.1 Å². The first-order chi connectivity index (χ1) is 14.9. The second kappa shape index (κ2) is 10.4. The Bertz CT molecular complexity index is 1090. The number of carbonyl (C=O) groups excluding carboxylic acids is 2. The molecule has 2 N–H and O–H groups in total. The van der Waals surface area contributed by atoms with Crippen molar-refractivity contribution in [3.63, 3.8) is 0 Å². The molecule has 0 radical (unpaired) electrons. The van der Waals surface area contributed by atoms with Gasteiger partial charge in [0, 0.05) is 17.5 Å². The summed E-state index contributed by atoms with van der Waals surface area (Å²) in [6, 6.07) is 7.02. The predicted molar refractivity (Wildman–Crippen MR) is 123 cm³/mol. The molecule has 31 heavy (non-hydrogen) atoms. The highest BCUT2D eigenvalue weighted by Gasteiger charge is 2.20. The smallest absolute Gasteiger partial charge is 0.251 e. The van der Waals surface area contributed by atoms with E-state index in [2.05, 4.69) is 32.4 Å². The van der Waals surface area contributed by atoms with Crippen LogP contribution in [0.3, 0.4) is 0 Å². The Balaban J connectivity index is 1.66. The Morgan fingerprint density at radius 1 is 1.32 bits per heavy atom. The minimum atomic E-state index is -0.373. The monoisotopic (exact) mass is 456 g/mol. The Morgan fingerprint density at radius 3 is 2.81 bits per heavy atom. The first kappa shape index (κ1) is 22.7. The average molecular weight is 457 g/mol. The molecule has 2 heterocycles. The van der Waals surface area contributed by atoms with Gasteiger partial charge in [0.05, 0.1) is 17.5 Å². The predicted octanol–water partition coefficient (Wildman–Crippen LogP) is 3.76. The molecule has 1 atom stereocenters. The minimum absolute atomic E-state index is 0.165. The zero-order chi connectivity index (χ0) is 22.4. The number of nitrogens with zero attached hydrogens (tertiary/aromatic N) is 4. The van der Waals surface area contributed by atoms with Gasteiger partial charge in [0.15, 0.2) is 16.1 Å². The molecule has 2 aromatic heterocycles. The van der Waals surface area contributed by atoms with Gasteiger partial charge in [0.1, 0.15) is 0 Å². The summed E-state index contributed by atoms with van der Waals surface area (Å²) in [5.74, 6) is 0.406. The van der Waals surface area contributed by atoms with Gasteiger partial charge in [-0.2, -0.15) is 0 Å². The molecular weight excluding hydrogens is 432 g/mol. The summed E-state index contributed by atoms with van der Waals surface area (Å²) in [5.41, 5.74) is 2.47. The van der Waals surface area contributed by atoms with Crippen LogP contribution in [0.4, 0.5) is 5.13 Å². The fourth-order valence-electron chi connectivity index (χ4n) is 2.86. The number of nitrogens with one attached hydrogen (secondary N) is 2. The molecule has 0 saturated carbocycles. The molecule has 0 aliphatic heterocycles. The zero-order valence-corrected chi connectivity index (χ0v) is 19.2. The van der Waals surface area contributed by atoms with Crippen molar-refractivity contribution in [1.29, 1.82) is 0 Å². The van der Waals surface area contributed by atoms with Crippen molar-refractivity contribution in [3.05, 3.63) is 64.9 Å². The maximum absolute atomic E-state index is 12.6. The first-order valence-corrected chi connectivity index (χ1v) is 11.5. The van der Waals surface area contributed by atoms with Gasteiger partial charge in [-0.3, -0.25) is 9.59 Å². The number of rotatable bonds is 9. The number of allylic oxidation sites excluding steroid dienone is 1. The number of hydrogen-bond acceptors (Lipinski definition) is 7. The quantitative estimate of drug-likeness (QED) is 0.375. The van der Waals surface area contributed by atoms with E-state index in [0.29, 0.717) is 28.2 Å². The van der Waals surface area contributed by atoms with E-state index >= 15 is 0 Å². The van der Waals surface area contributed by atoms with Crippen LogP contribution in [0, 0.1) is 13.8 Å². The van der Waals surface area contributed by atoms with Gasteiger partial charge in [-0.15, -0.1) is 28.1 Å². The number of aryl methyl sites for hydroxylation is 2. The number of hydrogen-bond donors (Lipinski definition) is 2. The van der Waals surface area contributed by atoms with Crippen LogP contribution < -0.4 is 10.6 Å². The van der Waals surface area contributed by atoms with Crippen LogP contribution in [-0.2, 0) is 11.3 Å². The summed E-state index contributed by atoms with van der Waals surface area (Å²) in [6.45, 7) is 9.92. The fraction of sp³-hybridized carbons (Fsp3) is 0.286. The fourth-order valence-corrected chi connectivity index (χ4v) is 4.31. The molecule has 0 saturated heterocycles. The van der Waals surface area contributed by atoms with Crippen LogP contribution in [0.5, 0.6) is 0 Å². The summed E-state index contributed by atoms with van der Waals surface area (Å²) < 4.78 is 1.85. The molecule has 1 aromatic carbocycles. The van der Waals surface area contributed by atoms with Gasteiger partial charge in [0.2, 0.25) is 5.91 Å². The highest BCUT2D eigenvalue weighted by atomic mass is 32.2. The van der Waals surface area contributed by atoms with E-state index in [-0.39, 0.29) is 23.6 Å². The molecule has 2 amide bonds. The van der Waals surface area contributed by atoms with E-state index in [1.807, 2.05) is 48.9 Å². The Labute approximate surface area is 189 Å². The summed E-state index contributed by atoms with van der Waals surface area (Å²) in [4.78, 5) is 29.1. The molecule has 8 nitrogen and oxygen atoms in total. The lowest BCUT2D eigenvalue weighted by atomic mass is 10.1. The molecular formula is C21H24N6O2S2. The first-order valence-electron chi connectivity index (χ1n) is 9.63. The van der Waals surface area contributed by atoms with Gasteiger partial charge < -0.3 is 15.2 Å². The Kier molecular flexibility index (Phi) is 7.59. The lowest BCUT2D eigenvalue weighted by Gasteiger charge is -2.15. The highest BCUT2D eigenvalue weighted by Crippen LogP contribution is 2.22. The Morgan fingerprint density at radius 2 is 2.13 bits per heavy atom. The highest BCUT2D eigenvalue weighted by molar-refractivity contribution is 7.99. The van der Waals surface area contributed by atoms with Crippen LogP contribution in [0.2, 0.25) is 0 Å². The zero-order valence-electron chi connectivity index (χ0n) is 17.6. The van der Waals surface area contributed by atoms with Crippen molar-refractivity contribution in [2.24, 2.45) is 0 Å². The molecule has 0 spiro atoms. The van der Waals surface area contributed by atoms with E-state index in [1.54, 1.807) is 12.1 Å². The van der Waals surface area contributed by atoms with Crippen molar-refractivity contribution in [1.82, 2.24) is 25.1 Å². The van der Waals surface area contributed by atoms with Crippen molar-refractivity contribution in [2.45, 2.75) is 38.5 Å². The summed E-state index contributed by atoms with van der Waals surface area (Å²) >= 11 is 2.65. The maximum Gasteiger partial charge on any atom is 0.251 e. The van der Waals surface area contributed by atoms with Gasteiger partial charge >= 0.3 is 0 Å². The number of thioether (sulfide) groups is 1. The number of anilines is 1. The molecule has 0 fully saturated rings. The second-order valence-corrected chi connectivity index (χ2v) is 8.74. The van der Waals surface area contributed by atoms with Crippen LogP contribution in [0.1, 0.15) is 40.4 Å². The molecule has 10 heteroatoms. The van der Waals surface area contributed by atoms with Crippen LogP contribution in [0.15, 0.2) is 47.5 Å². The van der Waals surface area contributed by atoms with Crippen LogP contribution in [0.25, 0.3) is 0 Å². The number of carbonyl (C=O) groups is 2. The molecule has 162 valence electrons. The van der Waals surface area contributed by atoms with Crippen LogP contribution in [-0.4, -0.2) is 37.3 Å².